The van der Waals surface area contributed by atoms with Gasteiger partial charge in [0.2, 0.25) is 11.8 Å². The van der Waals surface area contributed by atoms with Gasteiger partial charge in [0.15, 0.2) is 0 Å². The molecule has 0 bridgehead atoms. The largest absolute Gasteiger partial charge is 0.477 e. The van der Waals surface area contributed by atoms with Crippen molar-refractivity contribution in [1.82, 2.24) is 19.7 Å². The van der Waals surface area contributed by atoms with Gasteiger partial charge in [0, 0.05) is 30.3 Å². The molecule has 31 heavy (non-hydrogen) atoms. The third-order valence-corrected chi connectivity index (χ3v) is 5.98. The first-order chi connectivity index (χ1) is 14.5. The summed E-state index contributed by atoms with van der Waals surface area (Å²) in [6, 6.07) is 7.53. The van der Waals surface area contributed by atoms with E-state index in [1.807, 2.05) is 45.9 Å². The van der Waals surface area contributed by atoms with Crippen LogP contribution in [0.1, 0.15) is 25.0 Å². The molecule has 0 spiro atoms. The molecule has 9 nitrogen and oxygen atoms in total. The fourth-order valence-corrected chi connectivity index (χ4v) is 3.85. The smallest absolute Gasteiger partial charge is 0.267 e. The van der Waals surface area contributed by atoms with Crippen molar-refractivity contribution >= 4 is 16.0 Å². The molecular formula is C21H27N5O4S. The van der Waals surface area contributed by atoms with Crippen LogP contribution in [0.4, 0.5) is 5.95 Å². The van der Waals surface area contributed by atoms with E-state index in [1.165, 1.54) is 17.1 Å². The van der Waals surface area contributed by atoms with Crippen molar-refractivity contribution in [2.45, 2.75) is 32.6 Å². The van der Waals surface area contributed by atoms with Crippen molar-refractivity contribution in [1.29, 1.82) is 0 Å². The first-order valence-corrected chi connectivity index (χ1v) is 11.2. The van der Waals surface area contributed by atoms with Gasteiger partial charge in [-0.05, 0) is 25.0 Å². The van der Waals surface area contributed by atoms with E-state index in [0.29, 0.717) is 5.69 Å². The van der Waals surface area contributed by atoms with Crippen LogP contribution in [-0.4, -0.2) is 46.5 Å². The molecule has 0 fully saturated rings. The van der Waals surface area contributed by atoms with Crippen LogP contribution in [0.3, 0.4) is 0 Å². The van der Waals surface area contributed by atoms with E-state index in [4.69, 9.17) is 4.74 Å². The predicted octanol–water partition coefficient (Wildman–Crippen LogP) is 2.69. The van der Waals surface area contributed by atoms with Crippen LogP contribution in [0.15, 0.2) is 41.6 Å². The van der Waals surface area contributed by atoms with E-state index < -0.39 is 15.4 Å². The standard InChI is InChI=1S/C21H27N5O4S/c1-14-7-6-8-15(2)19(14)17-9-18(30-13-21(3,4)12-27)24-20(23-17)25-31(28,29)16-10-22-26(5)11-16/h6-11,27H,12-13H2,1-5H3,(H,23,24,25). The number of sulfonamides is 1. The number of nitrogens with one attached hydrogen (secondary N) is 1. The molecular weight excluding hydrogens is 418 g/mol. The molecule has 0 aliphatic rings. The molecule has 0 aliphatic carbocycles. The van der Waals surface area contributed by atoms with Gasteiger partial charge in [-0.3, -0.25) is 4.68 Å². The lowest BCUT2D eigenvalue weighted by Crippen LogP contribution is -2.25. The topological polar surface area (TPSA) is 119 Å². The quantitative estimate of drug-likeness (QED) is 0.547. The summed E-state index contributed by atoms with van der Waals surface area (Å²) in [5.74, 6) is 0.0962. The zero-order valence-corrected chi connectivity index (χ0v) is 19.1. The lowest BCUT2D eigenvalue weighted by atomic mass is 9.96. The molecule has 0 unspecified atom stereocenters. The summed E-state index contributed by atoms with van der Waals surface area (Å²) in [4.78, 5) is 8.69. The highest BCUT2D eigenvalue weighted by molar-refractivity contribution is 7.92. The Balaban J connectivity index is 2.04. The Morgan fingerprint density at radius 2 is 1.87 bits per heavy atom. The number of ether oxygens (including phenoxy) is 1. The summed E-state index contributed by atoms with van der Waals surface area (Å²) in [5, 5.41) is 13.4. The van der Waals surface area contributed by atoms with Crippen LogP contribution in [0, 0.1) is 19.3 Å². The number of aliphatic hydroxyl groups is 1. The Morgan fingerprint density at radius 3 is 2.45 bits per heavy atom. The van der Waals surface area contributed by atoms with Gasteiger partial charge in [-0.15, -0.1) is 0 Å². The lowest BCUT2D eigenvalue weighted by molar-refractivity contribution is 0.0952. The third-order valence-electron chi connectivity index (χ3n) is 4.70. The Bertz CT molecular complexity index is 1170. The van der Waals surface area contributed by atoms with Crippen LogP contribution in [0.5, 0.6) is 5.88 Å². The van der Waals surface area contributed by atoms with Crippen LogP contribution < -0.4 is 9.46 Å². The minimum atomic E-state index is -3.93. The molecule has 2 N–H and O–H groups in total. The fraction of sp³-hybridized carbons (Fsp3) is 0.381. The van der Waals surface area contributed by atoms with E-state index in [1.54, 1.807) is 13.1 Å². The number of benzene rings is 1. The number of aryl methyl sites for hydroxylation is 3. The average molecular weight is 446 g/mol. The molecule has 1 aromatic carbocycles. The second-order valence-electron chi connectivity index (χ2n) is 8.25. The summed E-state index contributed by atoms with van der Waals surface area (Å²) in [6.07, 6.45) is 2.64. The SMILES string of the molecule is Cc1cccc(C)c1-c1cc(OCC(C)(C)CO)nc(NS(=O)(=O)c2cnn(C)c2)n1. The minimum absolute atomic E-state index is 0.0000394. The number of rotatable bonds is 8. The van der Waals surface area contributed by atoms with Crippen LogP contribution in [-0.2, 0) is 17.1 Å². The second kappa shape index (κ2) is 8.64. The number of aliphatic hydroxyl groups excluding tert-OH is 1. The van der Waals surface area contributed by atoms with Crippen LogP contribution in [0.2, 0.25) is 0 Å². The Kier molecular flexibility index (Phi) is 6.33. The summed E-state index contributed by atoms with van der Waals surface area (Å²) in [6.45, 7) is 7.75. The Hall–Kier alpha value is -2.98. The molecule has 3 rings (SSSR count). The molecule has 0 atom stereocenters. The number of hydrogen-bond donors (Lipinski definition) is 2. The number of aromatic nitrogens is 4. The molecule has 166 valence electrons. The minimum Gasteiger partial charge on any atom is -0.477 e. The maximum Gasteiger partial charge on any atom is 0.267 e. The van der Waals surface area contributed by atoms with Crippen molar-refractivity contribution in [3.05, 3.63) is 47.8 Å². The van der Waals surface area contributed by atoms with Gasteiger partial charge >= 0.3 is 0 Å². The molecule has 3 aromatic rings. The zero-order chi connectivity index (χ0) is 22.8. The molecule has 0 radical (unpaired) electrons. The average Bonchev–Trinajstić information content (AvgIpc) is 3.13. The highest BCUT2D eigenvalue weighted by Gasteiger charge is 2.22. The van der Waals surface area contributed by atoms with Gasteiger partial charge in [0.25, 0.3) is 10.0 Å². The second-order valence-corrected chi connectivity index (χ2v) is 9.93. The first kappa shape index (κ1) is 22.7. The van der Waals surface area contributed by atoms with Crippen molar-refractivity contribution in [2.75, 3.05) is 17.9 Å². The molecule has 0 saturated heterocycles. The van der Waals surface area contributed by atoms with Gasteiger partial charge < -0.3 is 9.84 Å². The molecule has 2 heterocycles. The van der Waals surface area contributed by atoms with Crippen molar-refractivity contribution < 1.29 is 18.3 Å². The highest BCUT2D eigenvalue weighted by atomic mass is 32.2. The van der Waals surface area contributed by atoms with E-state index in [2.05, 4.69) is 19.8 Å². The van der Waals surface area contributed by atoms with Crippen molar-refractivity contribution in [3.8, 4) is 17.1 Å². The van der Waals surface area contributed by atoms with Gasteiger partial charge in [-0.2, -0.15) is 10.1 Å². The van der Waals surface area contributed by atoms with E-state index in [-0.39, 0.29) is 29.9 Å². The maximum atomic E-state index is 12.8. The lowest BCUT2D eigenvalue weighted by Gasteiger charge is -2.21. The Morgan fingerprint density at radius 1 is 1.19 bits per heavy atom. The monoisotopic (exact) mass is 445 g/mol. The number of nitrogens with zero attached hydrogens (tertiary/aromatic N) is 4. The summed E-state index contributed by atoms with van der Waals surface area (Å²) in [7, 11) is -2.30. The van der Waals surface area contributed by atoms with Crippen molar-refractivity contribution in [3.63, 3.8) is 0 Å². The molecule has 0 amide bonds. The molecule has 2 aromatic heterocycles. The molecule has 0 saturated carbocycles. The third kappa shape index (κ3) is 5.39. The first-order valence-electron chi connectivity index (χ1n) is 9.71. The van der Waals surface area contributed by atoms with Crippen LogP contribution >= 0.6 is 0 Å². The van der Waals surface area contributed by atoms with Gasteiger partial charge in [-0.25, -0.2) is 18.1 Å². The van der Waals surface area contributed by atoms with Gasteiger partial charge in [-0.1, -0.05) is 32.0 Å². The van der Waals surface area contributed by atoms with E-state index >= 15 is 0 Å². The highest BCUT2D eigenvalue weighted by Crippen LogP contribution is 2.29. The molecule has 0 aliphatic heterocycles. The van der Waals surface area contributed by atoms with E-state index in [9.17, 15) is 13.5 Å². The normalized spacial score (nSPS) is 12.1. The van der Waals surface area contributed by atoms with Gasteiger partial charge in [0.1, 0.15) is 4.90 Å². The van der Waals surface area contributed by atoms with Gasteiger partial charge in [0.05, 0.1) is 25.1 Å². The number of anilines is 1. The van der Waals surface area contributed by atoms with Crippen LogP contribution in [0.25, 0.3) is 11.3 Å². The van der Waals surface area contributed by atoms with Crippen molar-refractivity contribution in [2.24, 2.45) is 12.5 Å². The zero-order valence-electron chi connectivity index (χ0n) is 18.2. The predicted molar refractivity (Wildman–Crippen MR) is 117 cm³/mol. The molecule has 10 heteroatoms. The fourth-order valence-electron chi connectivity index (χ4n) is 2.92. The summed E-state index contributed by atoms with van der Waals surface area (Å²) in [5.41, 5.74) is 2.89. The van der Waals surface area contributed by atoms with E-state index in [0.717, 1.165) is 16.7 Å². The summed E-state index contributed by atoms with van der Waals surface area (Å²) >= 11 is 0. The number of hydrogen-bond acceptors (Lipinski definition) is 7. The summed E-state index contributed by atoms with van der Waals surface area (Å²) < 4.78 is 35.1. The Labute approximate surface area is 182 Å². The maximum absolute atomic E-state index is 12.8.